The van der Waals surface area contributed by atoms with Crippen molar-refractivity contribution in [3.05, 3.63) is 35.9 Å². The van der Waals surface area contributed by atoms with Crippen LogP contribution in [-0.4, -0.2) is 37.0 Å². The second kappa shape index (κ2) is 8.31. The molecule has 3 nitrogen and oxygen atoms in total. The molecule has 1 saturated heterocycles. The Hall–Kier alpha value is -0.900. The molecule has 0 bridgehead atoms. The maximum absolute atomic E-state index is 10.0. The van der Waals surface area contributed by atoms with E-state index in [2.05, 4.69) is 29.6 Å². The highest BCUT2D eigenvalue weighted by Gasteiger charge is 2.20. The fraction of sp³-hybridized carbons (Fsp3) is 0.625. The van der Waals surface area contributed by atoms with Crippen LogP contribution >= 0.6 is 0 Å². The Morgan fingerprint density at radius 2 is 2.11 bits per heavy atom. The largest absolute Gasteiger partial charge is 0.389 e. The number of aliphatic hydroxyl groups excluding tert-OH is 1. The smallest absolute Gasteiger partial charge is 0.0926 e. The number of hydrogen-bond donors (Lipinski definition) is 2. The summed E-state index contributed by atoms with van der Waals surface area (Å²) < 4.78 is 5.58. The average Bonchev–Trinajstić information content (AvgIpc) is 2.49. The molecule has 0 radical (unpaired) electrons. The molecule has 1 fully saturated rings. The highest BCUT2D eigenvalue weighted by atomic mass is 16.5. The van der Waals surface area contributed by atoms with Crippen molar-refractivity contribution in [3.8, 4) is 0 Å². The van der Waals surface area contributed by atoms with Crippen molar-refractivity contribution in [3.63, 3.8) is 0 Å². The van der Waals surface area contributed by atoms with Gasteiger partial charge in [0.1, 0.15) is 0 Å². The lowest BCUT2D eigenvalue weighted by molar-refractivity contribution is 0.0105. The Labute approximate surface area is 116 Å². The first-order chi connectivity index (χ1) is 9.36. The molecule has 0 spiro atoms. The molecule has 0 aliphatic carbocycles. The number of ether oxygens (including phenoxy) is 1. The number of benzene rings is 1. The Kier molecular flexibility index (Phi) is 6.34. The second-order valence-electron chi connectivity index (χ2n) is 5.29. The van der Waals surface area contributed by atoms with E-state index in [1.54, 1.807) is 0 Å². The molecule has 0 saturated carbocycles. The third kappa shape index (κ3) is 5.31. The van der Waals surface area contributed by atoms with Crippen LogP contribution in [0.1, 0.15) is 31.2 Å². The van der Waals surface area contributed by atoms with Crippen molar-refractivity contribution < 1.29 is 9.84 Å². The Morgan fingerprint density at radius 1 is 1.26 bits per heavy atom. The van der Waals surface area contributed by atoms with Gasteiger partial charge in [-0.2, -0.15) is 0 Å². The predicted molar refractivity (Wildman–Crippen MR) is 77.2 cm³/mol. The van der Waals surface area contributed by atoms with Gasteiger partial charge in [-0.25, -0.2) is 0 Å². The summed E-state index contributed by atoms with van der Waals surface area (Å²) >= 11 is 0. The molecule has 3 heteroatoms. The van der Waals surface area contributed by atoms with Crippen LogP contribution in [0.5, 0.6) is 0 Å². The first-order valence-electron chi connectivity index (χ1n) is 7.39. The van der Waals surface area contributed by atoms with Gasteiger partial charge >= 0.3 is 0 Å². The highest BCUT2D eigenvalue weighted by Crippen LogP contribution is 2.11. The van der Waals surface area contributed by atoms with E-state index in [4.69, 9.17) is 4.74 Å². The van der Waals surface area contributed by atoms with E-state index in [0.717, 1.165) is 32.4 Å². The SMILES string of the molecule is OC(COCCCc1ccccc1)C1CCCCN1. The highest BCUT2D eigenvalue weighted by molar-refractivity contribution is 5.14. The molecule has 0 aromatic heterocycles. The van der Waals surface area contributed by atoms with Gasteiger partial charge in [-0.3, -0.25) is 0 Å². The summed E-state index contributed by atoms with van der Waals surface area (Å²) in [5.41, 5.74) is 1.35. The van der Waals surface area contributed by atoms with Crippen molar-refractivity contribution in [2.24, 2.45) is 0 Å². The van der Waals surface area contributed by atoms with E-state index < -0.39 is 0 Å². The number of hydrogen-bond acceptors (Lipinski definition) is 3. The summed E-state index contributed by atoms with van der Waals surface area (Å²) in [4.78, 5) is 0. The molecular formula is C16H25NO2. The van der Waals surface area contributed by atoms with E-state index in [-0.39, 0.29) is 12.1 Å². The molecule has 2 N–H and O–H groups in total. The molecule has 19 heavy (non-hydrogen) atoms. The third-order valence-electron chi connectivity index (χ3n) is 3.70. The Bertz CT molecular complexity index is 336. The van der Waals surface area contributed by atoms with Gasteiger partial charge in [0.2, 0.25) is 0 Å². The summed E-state index contributed by atoms with van der Waals surface area (Å²) in [6.07, 6.45) is 5.18. The predicted octanol–water partition coefficient (Wildman–Crippen LogP) is 2.14. The third-order valence-corrected chi connectivity index (χ3v) is 3.70. The standard InChI is InChI=1S/C16H25NO2/c18-16(15-10-4-5-11-17-15)13-19-12-6-9-14-7-2-1-3-8-14/h1-3,7-8,15-18H,4-6,9-13H2. The summed E-state index contributed by atoms with van der Waals surface area (Å²) in [5, 5.41) is 13.4. The van der Waals surface area contributed by atoms with Crippen LogP contribution in [0.15, 0.2) is 30.3 Å². The van der Waals surface area contributed by atoms with Crippen molar-refractivity contribution in [1.82, 2.24) is 5.32 Å². The van der Waals surface area contributed by atoms with E-state index >= 15 is 0 Å². The van der Waals surface area contributed by atoms with Gasteiger partial charge in [-0.1, -0.05) is 36.8 Å². The van der Waals surface area contributed by atoms with Crippen LogP contribution < -0.4 is 5.32 Å². The molecule has 2 unspecified atom stereocenters. The number of rotatable bonds is 7. The van der Waals surface area contributed by atoms with Gasteiger partial charge in [0.05, 0.1) is 12.7 Å². The fourth-order valence-electron chi connectivity index (χ4n) is 2.55. The van der Waals surface area contributed by atoms with Crippen LogP contribution in [0.2, 0.25) is 0 Å². The number of aliphatic hydroxyl groups is 1. The minimum Gasteiger partial charge on any atom is -0.389 e. The lowest BCUT2D eigenvalue weighted by atomic mass is 10.0. The zero-order valence-corrected chi connectivity index (χ0v) is 11.6. The van der Waals surface area contributed by atoms with Crippen LogP contribution in [0.4, 0.5) is 0 Å². The normalized spacial score (nSPS) is 21.2. The zero-order chi connectivity index (χ0) is 13.3. The van der Waals surface area contributed by atoms with Gasteiger partial charge in [-0.05, 0) is 37.8 Å². The van der Waals surface area contributed by atoms with Gasteiger partial charge in [0, 0.05) is 12.6 Å². The lowest BCUT2D eigenvalue weighted by Gasteiger charge is -2.27. The number of piperidine rings is 1. The lowest BCUT2D eigenvalue weighted by Crippen LogP contribution is -2.45. The quantitative estimate of drug-likeness (QED) is 0.741. The van der Waals surface area contributed by atoms with Gasteiger partial charge in [-0.15, -0.1) is 0 Å². The molecule has 0 amide bonds. The molecule has 1 aromatic rings. The topological polar surface area (TPSA) is 41.5 Å². The van der Waals surface area contributed by atoms with Crippen molar-refractivity contribution in [2.45, 2.75) is 44.2 Å². The van der Waals surface area contributed by atoms with E-state index in [9.17, 15) is 5.11 Å². The average molecular weight is 263 g/mol. The molecular weight excluding hydrogens is 238 g/mol. The van der Waals surface area contributed by atoms with Gasteiger partial charge in [0.15, 0.2) is 0 Å². The van der Waals surface area contributed by atoms with Gasteiger partial charge < -0.3 is 15.2 Å². The zero-order valence-electron chi connectivity index (χ0n) is 11.6. The number of nitrogens with one attached hydrogen (secondary N) is 1. The van der Waals surface area contributed by atoms with Gasteiger partial charge in [0.25, 0.3) is 0 Å². The summed E-state index contributed by atoms with van der Waals surface area (Å²) in [7, 11) is 0. The summed E-state index contributed by atoms with van der Waals surface area (Å²) in [6.45, 7) is 2.20. The van der Waals surface area contributed by atoms with Crippen molar-refractivity contribution >= 4 is 0 Å². The number of aryl methyl sites for hydroxylation is 1. The minimum absolute atomic E-state index is 0.225. The summed E-state index contributed by atoms with van der Waals surface area (Å²) in [6, 6.07) is 10.7. The molecule has 1 aromatic carbocycles. The van der Waals surface area contributed by atoms with Crippen LogP contribution in [0, 0.1) is 0 Å². The first-order valence-corrected chi connectivity index (χ1v) is 7.39. The maximum Gasteiger partial charge on any atom is 0.0926 e. The van der Waals surface area contributed by atoms with E-state index in [0.29, 0.717) is 6.61 Å². The maximum atomic E-state index is 10.0. The monoisotopic (exact) mass is 263 g/mol. The van der Waals surface area contributed by atoms with Crippen molar-refractivity contribution in [2.75, 3.05) is 19.8 Å². The minimum atomic E-state index is -0.364. The van der Waals surface area contributed by atoms with E-state index in [1.165, 1.54) is 18.4 Å². The summed E-state index contributed by atoms with van der Waals surface area (Å²) in [5.74, 6) is 0. The molecule has 2 atom stereocenters. The molecule has 1 aliphatic rings. The van der Waals surface area contributed by atoms with E-state index in [1.807, 2.05) is 6.07 Å². The molecule has 106 valence electrons. The second-order valence-corrected chi connectivity index (χ2v) is 5.29. The van der Waals surface area contributed by atoms with Crippen LogP contribution in [-0.2, 0) is 11.2 Å². The molecule has 1 heterocycles. The Morgan fingerprint density at radius 3 is 2.84 bits per heavy atom. The fourth-order valence-corrected chi connectivity index (χ4v) is 2.55. The molecule has 2 rings (SSSR count). The first kappa shape index (κ1) is 14.5. The Balaban J connectivity index is 1.54. The van der Waals surface area contributed by atoms with Crippen LogP contribution in [0.3, 0.4) is 0 Å². The van der Waals surface area contributed by atoms with Crippen LogP contribution in [0.25, 0.3) is 0 Å². The molecule has 1 aliphatic heterocycles. The van der Waals surface area contributed by atoms with Crippen molar-refractivity contribution in [1.29, 1.82) is 0 Å².